The summed E-state index contributed by atoms with van der Waals surface area (Å²) in [5.74, 6) is -1.60. The number of halogens is 5. The summed E-state index contributed by atoms with van der Waals surface area (Å²) in [6.45, 7) is 0. The topological polar surface area (TPSA) is 77.7 Å². The van der Waals surface area contributed by atoms with E-state index in [1.807, 2.05) is 0 Å². The molecule has 2 aromatic rings. The van der Waals surface area contributed by atoms with Crippen LogP contribution in [0.1, 0.15) is 27.7 Å². The fourth-order valence-electron chi connectivity index (χ4n) is 1.76. The molecule has 0 atom stereocenters. The van der Waals surface area contributed by atoms with Crippen molar-refractivity contribution in [3.05, 3.63) is 27.5 Å². The van der Waals surface area contributed by atoms with Crippen LogP contribution < -0.4 is 0 Å². The number of hydrogen-bond donors (Lipinski definition) is 0. The van der Waals surface area contributed by atoms with Crippen molar-refractivity contribution in [1.82, 2.24) is 20.0 Å². The fraction of sp³-hybridized carbons (Fsp3) is 0.500. The third-order valence-corrected chi connectivity index (χ3v) is 5.35. The molecule has 13 heteroatoms. The third kappa shape index (κ3) is 4.22. The second kappa shape index (κ2) is 6.11. The highest BCUT2D eigenvalue weighted by atomic mass is 32.2. The van der Waals surface area contributed by atoms with E-state index < -0.39 is 50.3 Å². The highest BCUT2D eigenvalue weighted by Crippen LogP contribution is 2.33. The molecular formula is C10H9F5N4O2S2. The third-order valence-electron chi connectivity index (χ3n) is 2.67. The minimum absolute atomic E-state index is 0.139. The zero-order valence-corrected chi connectivity index (χ0v) is 13.0. The Morgan fingerprint density at radius 1 is 1.30 bits per heavy atom. The molecular weight excluding hydrogens is 367 g/mol. The van der Waals surface area contributed by atoms with Crippen LogP contribution >= 0.6 is 11.3 Å². The van der Waals surface area contributed by atoms with E-state index >= 15 is 0 Å². The number of rotatable bonds is 5. The van der Waals surface area contributed by atoms with Gasteiger partial charge >= 0.3 is 6.18 Å². The summed E-state index contributed by atoms with van der Waals surface area (Å²) in [6.07, 6.45) is -6.84. The summed E-state index contributed by atoms with van der Waals surface area (Å²) in [4.78, 5) is 2.97. The molecule has 0 spiro atoms. The second-order valence-corrected chi connectivity index (χ2v) is 7.69. The highest BCUT2D eigenvalue weighted by Gasteiger charge is 2.35. The first kappa shape index (κ1) is 17.7. The van der Waals surface area contributed by atoms with Crippen LogP contribution in [-0.2, 0) is 34.6 Å². The number of aryl methyl sites for hydroxylation is 1. The lowest BCUT2D eigenvalue weighted by Gasteiger charge is -2.04. The van der Waals surface area contributed by atoms with Gasteiger partial charge in [0.25, 0.3) is 6.43 Å². The summed E-state index contributed by atoms with van der Waals surface area (Å²) in [6, 6.07) is 0. The van der Waals surface area contributed by atoms with Gasteiger partial charge in [-0.2, -0.15) is 13.2 Å². The molecule has 2 aromatic heterocycles. The molecule has 0 amide bonds. The van der Waals surface area contributed by atoms with Crippen molar-refractivity contribution < 1.29 is 30.4 Å². The molecule has 23 heavy (non-hydrogen) atoms. The van der Waals surface area contributed by atoms with Crippen molar-refractivity contribution in [3.8, 4) is 0 Å². The van der Waals surface area contributed by atoms with Crippen LogP contribution in [-0.4, -0.2) is 28.4 Å². The Labute approximate surface area is 130 Å². The summed E-state index contributed by atoms with van der Waals surface area (Å²) in [5.41, 5.74) is -1.07. The van der Waals surface area contributed by atoms with Crippen LogP contribution in [0.4, 0.5) is 22.0 Å². The molecule has 128 valence electrons. The maximum absolute atomic E-state index is 12.8. The number of alkyl halides is 5. The van der Waals surface area contributed by atoms with E-state index in [0.29, 0.717) is 0 Å². The number of hydrogen-bond acceptors (Lipinski definition) is 6. The summed E-state index contributed by atoms with van der Waals surface area (Å²) in [5, 5.41) is 5.53. The molecule has 0 unspecified atom stereocenters. The van der Waals surface area contributed by atoms with Gasteiger partial charge in [0, 0.05) is 18.1 Å². The smallest absolute Gasteiger partial charge is 0.246 e. The van der Waals surface area contributed by atoms with Gasteiger partial charge in [-0.05, 0) is 0 Å². The van der Waals surface area contributed by atoms with E-state index in [4.69, 9.17) is 0 Å². The van der Waals surface area contributed by atoms with Gasteiger partial charge < -0.3 is 0 Å². The second-order valence-electron chi connectivity index (χ2n) is 4.51. The van der Waals surface area contributed by atoms with Crippen molar-refractivity contribution in [1.29, 1.82) is 0 Å². The van der Waals surface area contributed by atoms with Crippen LogP contribution in [0.5, 0.6) is 0 Å². The summed E-state index contributed by atoms with van der Waals surface area (Å²) < 4.78 is 87.6. The average molecular weight is 376 g/mol. The summed E-state index contributed by atoms with van der Waals surface area (Å²) >= 11 is 0.188. The Bertz CT molecular complexity index is 797. The van der Waals surface area contributed by atoms with E-state index in [1.54, 1.807) is 0 Å². The first-order chi connectivity index (χ1) is 10.5. The fourth-order valence-corrected chi connectivity index (χ4v) is 4.34. The Kier molecular flexibility index (Phi) is 4.71. The van der Waals surface area contributed by atoms with Gasteiger partial charge in [0.2, 0.25) is 0 Å². The molecule has 6 nitrogen and oxygen atoms in total. The minimum Gasteiger partial charge on any atom is -0.246 e. The van der Waals surface area contributed by atoms with Gasteiger partial charge in [-0.3, -0.25) is 0 Å². The molecule has 0 N–H and O–H groups in total. The lowest BCUT2D eigenvalue weighted by atomic mass is 10.3. The molecule has 0 bridgehead atoms. The van der Waals surface area contributed by atoms with Crippen LogP contribution in [0, 0.1) is 0 Å². The molecule has 2 heterocycles. The number of sulfone groups is 1. The predicted molar refractivity (Wildman–Crippen MR) is 69.4 cm³/mol. The van der Waals surface area contributed by atoms with E-state index in [9.17, 15) is 30.4 Å². The SMILES string of the molecule is Cn1nnc(CS(=O)(=O)Cc2cnc(C(F)(F)F)s2)c1C(F)F. The number of thiazole rings is 1. The molecule has 0 aromatic carbocycles. The van der Waals surface area contributed by atoms with Crippen molar-refractivity contribution in [3.63, 3.8) is 0 Å². The normalized spacial score (nSPS) is 13.0. The van der Waals surface area contributed by atoms with Gasteiger partial charge in [0.15, 0.2) is 14.8 Å². The van der Waals surface area contributed by atoms with E-state index in [0.717, 1.165) is 10.9 Å². The lowest BCUT2D eigenvalue weighted by molar-refractivity contribution is -0.137. The van der Waals surface area contributed by atoms with Crippen LogP contribution in [0.3, 0.4) is 0 Å². The Morgan fingerprint density at radius 2 is 1.96 bits per heavy atom. The van der Waals surface area contributed by atoms with Crippen LogP contribution in [0.25, 0.3) is 0 Å². The molecule has 0 saturated carbocycles. The molecule has 2 rings (SSSR count). The van der Waals surface area contributed by atoms with Gasteiger partial charge in [0.05, 0.1) is 11.5 Å². The largest absolute Gasteiger partial charge is 0.443 e. The molecule has 0 aliphatic carbocycles. The molecule has 0 aliphatic heterocycles. The highest BCUT2D eigenvalue weighted by molar-refractivity contribution is 7.90. The zero-order chi connectivity index (χ0) is 17.4. The van der Waals surface area contributed by atoms with Gasteiger partial charge in [0.1, 0.15) is 11.4 Å². The predicted octanol–water partition coefficient (Wildman–Crippen LogP) is 2.34. The van der Waals surface area contributed by atoms with Crippen molar-refractivity contribution in [2.45, 2.75) is 24.1 Å². The Morgan fingerprint density at radius 3 is 2.48 bits per heavy atom. The first-order valence-electron chi connectivity index (χ1n) is 5.88. The number of nitrogens with zero attached hydrogens (tertiary/aromatic N) is 4. The Balaban J connectivity index is 2.19. The first-order valence-corrected chi connectivity index (χ1v) is 8.52. The average Bonchev–Trinajstić information content (AvgIpc) is 2.94. The number of aromatic nitrogens is 4. The van der Waals surface area contributed by atoms with Crippen LogP contribution in [0.15, 0.2) is 6.20 Å². The molecule has 0 saturated heterocycles. The Hall–Kier alpha value is -1.63. The van der Waals surface area contributed by atoms with Gasteiger partial charge in [-0.15, -0.1) is 16.4 Å². The van der Waals surface area contributed by atoms with Gasteiger partial charge in [-0.25, -0.2) is 26.9 Å². The van der Waals surface area contributed by atoms with Crippen molar-refractivity contribution in [2.24, 2.45) is 7.05 Å². The van der Waals surface area contributed by atoms with Gasteiger partial charge in [-0.1, -0.05) is 5.21 Å². The van der Waals surface area contributed by atoms with E-state index in [2.05, 4.69) is 15.3 Å². The maximum Gasteiger partial charge on any atom is 0.443 e. The standard InChI is InChI=1S/C10H9F5N4O2S2/c1-19-7(8(11)12)6(17-18-19)4-23(20,21)3-5-2-16-9(22-5)10(13,14)15/h2,8H,3-4H2,1H3. The summed E-state index contributed by atoms with van der Waals surface area (Å²) in [7, 11) is -2.82. The van der Waals surface area contributed by atoms with E-state index in [-0.39, 0.29) is 16.2 Å². The monoisotopic (exact) mass is 376 g/mol. The zero-order valence-electron chi connectivity index (χ0n) is 11.4. The quantitative estimate of drug-likeness (QED) is 0.749. The van der Waals surface area contributed by atoms with Crippen molar-refractivity contribution >= 4 is 21.2 Å². The maximum atomic E-state index is 12.8. The van der Waals surface area contributed by atoms with Crippen LogP contribution in [0.2, 0.25) is 0 Å². The molecule has 0 radical (unpaired) electrons. The molecule has 0 aliphatic rings. The van der Waals surface area contributed by atoms with E-state index in [1.165, 1.54) is 7.05 Å². The minimum atomic E-state index is -4.67. The lowest BCUT2D eigenvalue weighted by Crippen LogP contribution is -2.10. The molecule has 0 fully saturated rings. The van der Waals surface area contributed by atoms with Crippen molar-refractivity contribution in [2.75, 3.05) is 0 Å².